The van der Waals surface area contributed by atoms with Gasteiger partial charge in [-0.25, -0.2) is 8.42 Å². The van der Waals surface area contributed by atoms with Crippen molar-refractivity contribution in [3.05, 3.63) is 106 Å². The SMILES string of the molecule is CNC(=O)c1ccc(CCC(=O)c2cccc3c(NS(=O)(=O)c4cc(Cl)cc(Cl)c4)cccc23)cc1. The Hall–Kier alpha value is -3.39. The molecule has 4 aromatic carbocycles. The van der Waals surface area contributed by atoms with E-state index in [0.717, 1.165) is 5.56 Å². The number of rotatable bonds is 8. The Bertz CT molecular complexity index is 1550. The maximum absolute atomic E-state index is 13.1. The van der Waals surface area contributed by atoms with Crippen LogP contribution in [0.3, 0.4) is 0 Å². The highest BCUT2D eigenvalue weighted by molar-refractivity contribution is 7.92. The molecule has 9 heteroatoms. The fourth-order valence-corrected chi connectivity index (χ4v) is 5.69. The van der Waals surface area contributed by atoms with E-state index in [4.69, 9.17) is 23.2 Å². The average molecular weight is 541 g/mol. The third kappa shape index (κ3) is 5.70. The number of hydrogen-bond donors (Lipinski definition) is 2. The molecule has 6 nitrogen and oxygen atoms in total. The number of ketones is 1. The van der Waals surface area contributed by atoms with Gasteiger partial charge in [-0.3, -0.25) is 14.3 Å². The van der Waals surface area contributed by atoms with E-state index >= 15 is 0 Å². The van der Waals surface area contributed by atoms with Crippen LogP contribution in [0.15, 0.2) is 83.8 Å². The van der Waals surface area contributed by atoms with Gasteiger partial charge in [0.1, 0.15) is 0 Å². The van der Waals surface area contributed by atoms with E-state index in [1.807, 2.05) is 12.1 Å². The molecule has 0 saturated carbocycles. The number of anilines is 1. The standard InChI is InChI=1S/C27H22Cl2N2O4S/c1-30-27(33)18-11-8-17(9-12-18)10-13-26(32)24-6-2-5-23-22(24)4-3-7-25(23)31-36(34,35)21-15-19(28)14-20(29)16-21/h2-9,11-12,14-16,31H,10,13H2,1H3,(H,30,33). The second-order valence-corrected chi connectivity index (χ2v) is 10.7. The summed E-state index contributed by atoms with van der Waals surface area (Å²) in [6.45, 7) is 0. The van der Waals surface area contributed by atoms with E-state index in [-0.39, 0.29) is 33.1 Å². The molecule has 0 aromatic heterocycles. The van der Waals surface area contributed by atoms with E-state index < -0.39 is 10.0 Å². The third-order valence-corrected chi connectivity index (χ3v) is 7.48. The lowest BCUT2D eigenvalue weighted by Gasteiger charge is -2.13. The Morgan fingerprint density at radius 2 is 1.47 bits per heavy atom. The number of halogens is 2. The molecule has 0 fully saturated rings. The van der Waals surface area contributed by atoms with Gasteiger partial charge in [-0.15, -0.1) is 0 Å². The van der Waals surface area contributed by atoms with Crippen LogP contribution in [0.4, 0.5) is 5.69 Å². The van der Waals surface area contributed by atoms with E-state index in [9.17, 15) is 18.0 Å². The second kappa shape index (κ2) is 10.7. The van der Waals surface area contributed by atoms with Crippen molar-refractivity contribution in [2.75, 3.05) is 11.8 Å². The maximum Gasteiger partial charge on any atom is 0.262 e. The summed E-state index contributed by atoms with van der Waals surface area (Å²) in [4.78, 5) is 24.8. The zero-order chi connectivity index (χ0) is 25.9. The van der Waals surface area contributed by atoms with Crippen LogP contribution in [0.1, 0.15) is 32.7 Å². The lowest BCUT2D eigenvalue weighted by molar-refractivity contribution is 0.0960. The minimum atomic E-state index is -3.97. The lowest BCUT2D eigenvalue weighted by atomic mass is 9.96. The number of hydrogen-bond acceptors (Lipinski definition) is 4. The van der Waals surface area contributed by atoms with Crippen LogP contribution in [0.5, 0.6) is 0 Å². The van der Waals surface area contributed by atoms with Gasteiger partial charge < -0.3 is 5.32 Å². The molecule has 4 rings (SSSR count). The summed E-state index contributed by atoms with van der Waals surface area (Å²) in [5.41, 5.74) is 2.32. The predicted octanol–water partition coefficient (Wildman–Crippen LogP) is 6.12. The normalized spacial score (nSPS) is 11.3. The number of fused-ring (bicyclic) bond motifs is 1. The van der Waals surface area contributed by atoms with Gasteiger partial charge in [0.05, 0.1) is 10.6 Å². The van der Waals surface area contributed by atoms with Crippen molar-refractivity contribution in [2.24, 2.45) is 0 Å². The van der Waals surface area contributed by atoms with E-state index in [0.29, 0.717) is 34.0 Å². The molecule has 0 atom stereocenters. The highest BCUT2D eigenvalue weighted by atomic mass is 35.5. The van der Waals surface area contributed by atoms with Crippen LogP contribution in [0.25, 0.3) is 10.8 Å². The lowest BCUT2D eigenvalue weighted by Crippen LogP contribution is -2.17. The molecule has 0 aliphatic heterocycles. The van der Waals surface area contributed by atoms with E-state index in [2.05, 4.69) is 10.0 Å². The summed E-state index contributed by atoms with van der Waals surface area (Å²) >= 11 is 12.0. The molecule has 0 unspecified atom stereocenters. The van der Waals surface area contributed by atoms with Gasteiger partial charge in [-0.1, -0.05) is 65.7 Å². The van der Waals surface area contributed by atoms with Crippen molar-refractivity contribution in [1.29, 1.82) is 0 Å². The summed E-state index contributed by atoms with van der Waals surface area (Å²) in [7, 11) is -2.40. The van der Waals surface area contributed by atoms with Crippen LogP contribution < -0.4 is 10.0 Å². The summed E-state index contributed by atoms with van der Waals surface area (Å²) in [5, 5.41) is 4.22. The van der Waals surface area contributed by atoms with Gasteiger partial charge >= 0.3 is 0 Å². The molecule has 0 saturated heterocycles. The first-order valence-electron chi connectivity index (χ1n) is 11.0. The molecule has 4 aromatic rings. The number of carbonyl (C=O) groups excluding carboxylic acids is 2. The quantitative estimate of drug-likeness (QED) is 0.263. The van der Waals surface area contributed by atoms with Gasteiger partial charge in [0.15, 0.2) is 5.78 Å². The molecular weight excluding hydrogens is 519 g/mol. The van der Waals surface area contributed by atoms with E-state index in [1.165, 1.54) is 18.2 Å². The summed E-state index contributed by atoms with van der Waals surface area (Å²) in [6.07, 6.45) is 0.764. The number of amides is 1. The minimum absolute atomic E-state index is 0.0633. The Kier molecular flexibility index (Phi) is 7.64. The largest absolute Gasteiger partial charge is 0.355 e. The first kappa shape index (κ1) is 25.7. The molecule has 184 valence electrons. The van der Waals surface area contributed by atoms with Crippen molar-refractivity contribution in [2.45, 2.75) is 17.7 Å². The molecule has 2 N–H and O–H groups in total. The highest BCUT2D eigenvalue weighted by Gasteiger charge is 2.18. The van der Waals surface area contributed by atoms with Crippen molar-refractivity contribution >= 4 is 61.4 Å². The predicted molar refractivity (Wildman–Crippen MR) is 144 cm³/mol. The monoisotopic (exact) mass is 540 g/mol. The topological polar surface area (TPSA) is 92.3 Å². The third-order valence-electron chi connectivity index (χ3n) is 5.70. The summed E-state index contributed by atoms with van der Waals surface area (Å²) in [6, 6.07) is 21.5. The van der Waals surface area contributed by atoms with Crippen molar-refractivity contribution < 1.29 is 18.0 Å². The Labute approximate surface area is 219 Å². The van der Waals surface area contributed by atoms with Gasteiger partial charge in [-0.2, -0.15) is 0 Å². The van der Waals surface area contributed by atoms with Gasteiger partial charge in [0, 0.05) is 40.0 Å². The molecule has 0 radical (unpaired) electrons. The van der Waals surface area contributed by atoms with Gasteiger partial charge in [0.2, 0.25) is 0 Å². The minimum Gasteiger partial charge on any atom is -0.355 e. The Balaban J connectivity index is 1.57. The van der Waals surface area contributed by atoms with Gasteiger partial charge in [-0.05, 0) is 53.8 Å². The van der Waals surface area contributed by atoms with Crippen LogP contribution >= 0.6 is 23.2 Å². The molecule has 0 aliphatic carbocycles. The maximum atomic E-state index is 13.1. The Morgan fingerprint density at radius 3 is 2.14 bits per heavy atom. The van der Waals surface area contributed by atoms with Crippen LogP contribution in [-0.4, -0.2) is 27.2 Å². The van der Waals surface area contributed by atoms with Gasteiger partial charge in [0.25, 0.3) is 15.9 Å². The zero-order valence-corrected chi connectivity index (χ0v) is 21.5. The fraction of sp³-hybridized carbons (Fsp3) is 0.111. The number of aryl methyl sites for hydroxylation is 1. The first-order valence-corrected chi connectivity index (χ1v) is 13.3. The smallest absolute Gasteiger partial charge is 0.262 e. The zero-order valence-electron chi connectivity index (χ0n) is 19.2. The summed E-state index contributed by atoms with van der Waals surface area (Å²) < 4.78 is 28.6. The van der Waals surface area contributed by atoms with Crippen molar-refractivity contribution in [3.8, 4) is 0 Å². The summed E-state index contributed by atoms with van der Waals surface area (Å²) in [5.74, 6) is -0.240. The molecule has 0 aliphatic rings. The van der Waals surface area contributed by atoms with Crippen LogP contribution in [0.2, 0.25) is 10.0 Å². The fourth-order valence-electron chi connectivity index (χ4n) is 3.89. The number of carbonyl (C=O) groups is 2. The molecule has 36 heavy (non-hydrogen) atoms. The number of Topliss-reactive ketones (excluding diaryl/α,β-unsaturated/α-hetero) is 1. The Morgan fingerprint density at radius 1 is 0.833 bits per heavy atom. The van der Waals surface area contributed by atoms with Crippen molar-refractivity contribution in [3.63, 3.8) is 0 Å². The number of benzene rings is 4. The van der Waals surface area contributed by atoms with Crippen LogP contribution in [-0.2, 0) is 16.4 Å². The number of nitrogens with one attached hydrogen (secondary N) is 2. The molecule has 0 bridgehead atoms. The second-order valence-electron chi connectivity index (χ2n) is 8.12. The van der Waals surface area contributed by atoms with Crippen LogP contribution in [0, 0.1) is 0 Å². The number of sulfonamides is 1. The highest BCUT2D eigenvalue weighted by Crippen LogP contribution is 2.30. The first-order chi connectivity index (χ1) is 17.2. The molecule has 0 spiro atoms. The van der Waals surface area contributed by atoms with Crippen molar-refractivity contribution in [1.82, 2.24) is 5.32 Å². The molecule has 0 heterocycles. The average Bonchev–Trinajstić information content (AvgIpc) is 2.86. The molecular formula is C27H22Cl2N2O4S. The van der Waals surface area contributed by atoms with E-state index in [1.54, 1.807) is 55.6 Å². The molecule has 1 amide bonds.